The van der Waals surface area contributed by atoms with Gasteiger partial charge in [-0.25, -0.2) is 17.6 Å². The van der Waals surface area contributed by atoms with Crippen molar-refractivity contribution < 1.29 is 22.7 Å². The molecule has 0 aliphatic carbocycles. The van der Waals surface area contributed by atoms with Gasteiger partial charge in [0, 0.05) is 0 Å². The number of carboxylic acids is 1. The summed E-state index contributed by atoms with van der Waals surface area (Å²) >= 11 is 0. The highest BCUT2D eigenvalue weighted by atomic mass is 32.2. The number of nitrogens with one attached hydrogen (secondary N) is 1. The first-order valence-electron chi connectivity index (χ1n) is 7.46. The number of aryl methyl sites for hydroxylation is 2. The Morgan fingerprint density at radius 1 is 1.12 bits per heavy atom. The van der Waals surface area contributed by atoms with E-state index in [2.05, 4.69) is 4.72 Å². The molecule has 7 heteroatoms. The van der Waals surface area contributed by atoms with Crippen LogP contribution in [0, 0.1) is 5.82 Å². The molecule has 0 unspecified atom stereocenters. The molecule has 2 rings (SSSR count). The zero-order chi connectivity index (χ0) is 17.9. The molecule has 2 aromatic rings. The molecule has 0 fully saturated rings. The van der Waals surface area contributed by atoms with Crippen molar-refractivity contribution in [1.82, 2.24) is 0 Å². The Bertz CT molecular complexity index is 856. The molecule has 0 radical (unpaired) electrons. The minimum absolute atomic E-state index is 0.297. The minimum atomic E-state index is -4.03. The van der Waals surface area contributed by atoms with Gasteiger partial charge in [0.05, 0.1) is 16.1 Å². The first kappa shape index (κ1) is 17.9. The summed E-state index contributed by atoms with van der Waals surface area (Å²) in [4.78, 5) is 10.7. The highest BCUT2D eigenvalue weighted by Gasteiger charge is 2.21. The molecule has 0 aliphatic rings. The molecule has 0 amide bonds. The lowest BCUT2D eigenvalue weighted by Crippen LogP contribution is -2.16. The predicted octanol–water partition coefficient (Wildman–Crippen LogP) is 3.45. The highest BCUT2D eigenvalue weighted by Crippen LogP contribution is 2.26. The van der Waals surface area contributed by atoms with Gasteiger partial charge in [-0.2, -0.15) is 0 Å². The van der Waals surface area contributed by atoms with Crippen molar-refractivity contribution in [3.8, 4) is 0 Å². The first-order valence-corrected chi connectivity index (χ1v) is 8.94. The molecule has 0 atom stereocenters. The van der Waals surface area contributed by atoms with Crippen LogP contribution in [0.1, 0.15) is 35.3 Å². The monoisotopic (exact) mass is 351 g/mol. The summed E-state index contributed by atoms with van der Waals surface area (Å²) in [5, 5.41) is 8.95. The van der Waals surface area contributed by atoms with Gasteiger partial charge in [0.1, 0.15) is 5.82 Å². The van der Waals surface area contributed by atoms with Gasteiger partial charge in [0.15, 0.2) is 0 Å². The Kier molecular flexibility index (Phi) is 5.23. The Balaban J connectivity index is 2.50. The molecule has 5 nitrogen and oxygen atoms in total. The van der Waals surface area contributed by atoms with Crippen LogP contribution in [0.25, 0.3) is 0 Å². The van der Waals surface area contributed by atoms with E-state index < -0.39 is 27.4 Å². The lowest BCUT2D eigenvalue weighted by molar-refractivity contribution is 0.0691. The Hall–Kier alpha value is -2.41. The number of carboxylic acid groups (broad SMARTS) is 1. The third-order valence-corrected chi connectivity index (χ3v) is 5.06. The van der Waals surface area contributed by atoms with E-state index in [1.54, 1.807) is 0 Å². The van der Waals surface area contributed by atoms with Gasteiger partial charge >= 0.3 is 5.97 Å². The smallest absolute Gasteiger partial charge is 0.338 e. The molecule has 128 valence electrons. The zero-order valence-electron chi connectivity index (χ0n) is 13.3. The number of para-hydroxylation sites is 1. The van der Waals surface area contributed by atoms with Gasteiger partial charge in [-0.1, -0.05) is 32.0 Å². The number of carbonyl (C=O) groups is 1. The zero-order valence-corrected chi connectivity index (χ0v) is 14.2. The summed E-state index contributed by atoms with van der Waals surface area (Å²) < 4.78 is 41.2. The molecule has 0 bridgehead atoms. The van der Waals surface area contributed by atoms with E-state index in [0.29, 0.717) is 18.5 Å². The van der Waals surface area contributed by atoms with E-state index in [0.717, 1.165) is 29.3 Å². The van der Waals surface area contributed by atoms with Crippen molar-refractivity contribution >= 4 is 21.7 Å². The van der Waals surface area contributed by atoms with Gasteiger partial charge in [0.2, 0.25) is 0 Å². The van der Waals surface area contributed by atoms with Crippen molar-refractivity contribution in [3.63, 3.8) is 0 Å². The fourth-order valence-electron chi connectivity index (χ4n) is 2.40. The summed E-state index contributed by atoms with van der Waals surface area (Å²) in [6, 6.07) is 8.21. The van der Waals surface area contributed by atoms with E-state index in [1.807, 2.05) is 32.0 Å². The average Bonchev–Trinajstić information content (AvgIpc) is 2.54. The number of hydrogen-bond acceptors (Lipinski definition) is 3. The SMILES string of the molecule is CCc1cccc(CC)c1NS(=O)(=O)c1ccc(F)c(C(=O)O)c1. The number of sulfonamides is 1. The number of halogens is 1. The van der Waals surface area contributed by atoms with Crippen LogP contribution < -0.4 is 4.72 Å². The Morgan fingerprint density at radius 3 is 2.21 bits per heavy atom. The molecule has 0 aromatic heterocycles. The van der Waals surface area contributed by atoms with Crippen LogP contribution in [0.2, 0.25) is 0 Å². The maximum atomic E-state index is 13.5. The van der Waals surface area contributed by atoms with E-state index >= 15 is 0 Å². The molecule has 24 heavy (non-hydrogen) atoms. The molecular weight excluding hydrogens is 333 g/mol. The standard InChI is InChI=1S/C17H18FNO4S/c1-3-11-6-5-7-12(4-2)16(11)19-24(22,23)13-8-9-15(18)14(10-13)17(20)21/h5-10,19H,3-4H2,1-2H3,(H,20,21). The van der Waals surface area contributed by atoms with Crippen molar-refractivity contribution in [2.24, 2.45) is 0 Å². The van der Waals surface area contributed by atoms with Crippen LogP contribution in [0.15, 0.2) is 41.3 Å². The number of rotatable bonds is 6. The molecule has 0 aliphatic heterocycles. The van der Waals surface area contributed by atoms with E-state index in [-0.39, 0.29) is 4.90 Å². The normalized spacial score (nSPS) is 11.3. The number of aromatic carboxylic acids is 1. The second kappa shape index (κ2) is 7.00. The molecule has 0 saturated heterocycles. The number of benzene rings is 2. The van der Waals surface area contributed by atoms with E-state index in [4.69, 9.17) is 5.11 Å². The summed E-state index contributed by atoms with van der Waals surface area (Å²) in [5.41, 5.74) is 1.47. The van der Waals surface area contributed by atoms with Gasteiger partial charge in [0.25, 0.3) is 10.0 Å². The van der Waals surface area contributed by atoms with Gasteiger partial charge in [-0.3, -0.25) is 4.72 Å². The van der Waals surface area contributed by atoms with Gasteiger partial charge < -0.3 is 5.11 Å². The quantitative estimate of drug-likeness (QED) is 0.835. The van der Waals surface area contributed by atoms with Crippen molar-refractivity contribution in [2.75, 3.05) is 4.72 Å². The van der Waals surface area contributed by atoms with E-state index in [1.165, 1.54) is 0 Å². The second-order valence-corrected chi connectivity index (χ2v) is 6.89. The summed E-state index contributed by atoms with van der Waals surface area (Å²) in [7, 11) is -4.03. The first-order chi connectivity index (χ1) is 11.3. The average molecular weight is 351 g/mol. The van der Waals surface area contributed by atoms with Crippen molar-refractivity contribution in [1.29, 1.82) is 0 Å². The van der Waals surface area contributed by atoms with Crippen LogP contribution in [-0.4, -0.2) is 19.5 Å². The van der Waals surface area contributed by atoms with Gasteiger partial charge in [-0.15, -0.1) is 0 Å². The lowest BCUT2D eigenvalue weighted by atomic mass is 10.0. The topological polar surface area (TPSA) is 83.5 Å². The maximum Gasteiger partial charge on any atom is 0.338 e. The third kappa shape index (κ3) is 3.56. The summed E-state index contributed by atoms with van der Waals surface area (Å²) in [6.45, 7) is 3.82. The Labute approximate surface area is 140 Å². The van der Waals surface area contributed by atoms with Crippen LogP contribution >= 0.6 is 0 Å². The molecule has 2 aromatic carbocycles. The molecule has 2 N–H and O–H groups in total. The van der Waals surface area contributed by atoms with Crippen LogP contribution in [0.4, 0.5) is 10.1 Å². The van der Waals surface area contributed by atoms with Crippen molar-refractivity contribution in [3.05, 3.63) is 58.9 Å². The largest absolute Gasteiger partial charge is 0.478 e. The molecular formula is C17H18FNO4S. The minimum Gasteiger partial charge on any atom is -0.478 e. The highest BCUT2D eigenvalue weighted by molar-refractivity contribution is 7.92. The fourth-order valence-corrected chi connectivity index (χ4v) is 3.57. The fraction of sp³-hybridized carbons (Fsp3) is 0.235. The van der Waals surface area contributed by atoms with Gasteiger partial charge in [-0.05, 0) is 42.2 Å². The third-order valence-electron chi connectivity index (χ3n) is 3.71. The number of anilines is 1. The summed E-state index contributed by atoms with van der Waals surface area (Å²) in [5.74, 6) is -2.50. The molecule has 0 saturated carbocycles. The maximum absolute atomic E-state index is 13.5. The van der Waals surface area contributed by atoms with Crippen LogP contribution in [0.5, 0.6) is 0 Å². The Morgan fingerprint density at radius 2 is 1.71 bits per heavy atom. The predicted molar refractivity (Wildman–Crippen MR) is 89.4 cm³/mol. The molecule has 0 heterocycles. The summed E-state index contributed by atoms with van der Waals surface area (Å²) in [6.07, 6.45) is 1.27. The van der Waals surface area contributed by atoms with Crippen molar-refractivity contribution in [2.45, 2.75) is 31.6 Å². The number of hydrogen-bond donors (Lipinski definition) is 2. The van der Waals surface area contributed by atoms with Crippen LogP contribution in [-0.2, 0) is 22.9 Å². The lowest BCUT2D eigenvalue weighted by Gasteiger charge is -2.16. The second-order valence-electron chi connectivity index (χ2n) is 5.21. The molecule has 0 spiro atoms. The van der Waals surface area contributed by atoms with E-state index in [9.17, 15) is 17.6 Å². The van der Waals surface area contributed by atoms with Crippen LogP contribution in [0.3, 0.4) is 0 Å².